The first-order chi connectivity index (χ1) is 6.86. The van der Waals surface area contributed by atoms with Crippen LogP contribution in [0.2, 0.25) is 0 Å². The predicted octanol–water partition coefficient (Wildman–Crippen LogP) is 0.853. The molecule has 0 spiro atoms. The Kier molecular flexibility index (Phi) is 2.93. The summed E-state index contributed by atoms with van der Waals surface area (Å²) in [7, 11) is 0. The maximum Gasteiger partial charge on any atom is 0.232 e. The molecule has 0 radical (unpaired) electrons. The van der Waals surface area contributed by atoms with Gasteiger partial charge in [0.15, 0.2) is 0 Å². The summed E-state index contributed by atoms with van der Waals surface area (Å²) in [6.45, 7) is 4.20. The van der Waals surface area contributed by atoms with E-state index in [1.54, 1.807) is 18.6 Å². The van der Waals surface area contributed by atoms with Crippen LogP contribution in [0.4, 0.5) is 0 Å². The molecule has 0 saturated carbocycles. The summed E-state index contributed by atoms with van der Waals surface area (Å²) < 4.78 is 5.73. The lowest BCUT2D eigenvalue weighted by atomic mass is 9.97. The quantitative estimate of drug-likeness (QED) is 0.756. The van der Waals surface area contributed by atoms with Gasteiger partial charge < -0.3 is 10.1 Å². The van der Waals surface area contributed by atoms with Crippen molar-refractivity contribution in [2.24, 2.45) is 5.92 Å². The molecule has 1 aliphatic rings. The molecule has 4 nitrogen and oxygen atoms in total. The first-order valence-corrected chi connectivity index (χ1v) is 4.99. The van der Waals surface area contributed by atoms with Crippen molar-refractivity contribution in [2.45, 2.75) is 19.4 Å². The number of rotatable bonds is 2. The van der Waals surface area contributed by atoms with Crippen LogP contribution in [0, 0.1) is 5.92 Å². The van der Waals surface area contributed by atoms with Crippen LogP contribution in [-0.4, -0.2) is 29.2 Å². The minimum atomic E-state index is 0.223. The second-order valence-corrected chi connectivity index (χ2v) is 3.67. The number of nitrogens with zero attached hydrogens (tertiary/aromatic N) is 2. The molecule has 2 rings (SSSR count). The third-order valence-corrected chi connectivity index (χ3v) is 2.57. The van der Waals surface area contributed by atoms with Crippen LogP contribution in [0.25, 0.3) is 0 Å². The number of aromatic nitrogens is 2. The third kappa shape index (κ3) is 2.20. The second kappa shape index (κ2) is 4.37. The molecular formula is C10H15N3O. The van der Waals surface area contributed by atoms with E-state index in [0.717, 1.165) is 19.5 Å². The largest absolute Gasteiger partial charge is 0.472 e. The molecule has 0 aliphatic carbocycles. The van der Waals surface area contributed by atoms with Crippen molar-refractivity contribution in [1.82, 2.24) is 15.3 Å². The molecule has 1 aromatic rings. The van der Waals surface area contributed by atoms with E-state index in [-0.39, 0.29) is 6.10 Å². The summed E-state index contributed by atoms with van der Waals surface area (Å²) in [6, 6.07) is 0. The number of hydrogen-bond donors (Lipinski definition) is 1. The van der Waals surface area contributed by atoms with Crippen molar-refractivity contribution in [1.29, 1.82) is 0 Å². The lowest BCUT2D eigenvalue weighted by Gasteiger charge is -2.29. The highest BCUT2D eigenvalue weighted by atomic mass is 16.5. The lowest BCUT2D eigenvalue weighted by Crippen LogP contribution is -2.42. The summed E-state index contributed by atoms with van der Waals surface area (Å²) >= 11 is 0. The van der Waals surface area contributed by atoms with Gasteiger partial charge in [-0.05, 0) is 18.9 Å². The van der Waals surface area contributed by atoms with E-state index < -0.39 is 0 Å². The third-order valence-electron chi connectivity index (χ3n) is 2.57. The van der Waals surface area contributed by atoms with Crippen molar-refractivity contribution < 1.29 is 4.74 Å². The van der Waals surface area contributed by atoms with Gasteiger partial charge in [-0.15, -0.1) is 0 Å². The zero-order chi connectivity index (χ0) is 9.80. The fraction of sp³-hybridized carbons (Fsp3) is 0.600. The van der Waals surface area contributed by atoms with Crippen LogP contribution in [-0.2, 0) is 0 Å². The molecule has 76 valence electrons. The Morgan fingerprint density at radius 2 is 2.43 bits per heavy atom. The number of ether oxygens (including phenoxy) is 1. The van der Waals surface area contributed by atoms with Gasteiger partial charge in [-0.25, -0.2) is 4.98 Å². The molecule has 14 heavy (non-hydrogen) atoms. The van der Waals surface area contributed by atoms with E-state index in [4.69, 9.17) is 4.74 Å². The average Bonchev–Trinajstić information content (AvgIpc) is 2.23. The summed E-state index contributed by atoms with van der Waals surface area (Å²) in [5, 5.41) is 3.31. The maximum atomic E-state index is 5.73. The second-order valence-electron chi connectivity index (χ2n) is 3.67. The Labute approximate surface area is 83.7 Å². The lowest BCUT2D eigenvalue weighted by molar-refractivity contribution is 0.109. The van der Waals surface area contributed by atoms with Gasteiger partial charge in [0.25, 0.3) is 0 Å². The molecule has 0 aromatic carbocycles. The Morgan fingerprint density at radius 1 is 1.50 bits per heavy atom. The highest BCUT2D eigenvalue weighted by Crippen LogP contribution is 2.16. The Hall–Kier alpha value is -1.16. The van der Waals surface area contributed by atoms with Crippen LogP contribution < -0.4 is 10.1 Å². The van der Waals surface area contributed by atoms with Crippen molar-refractivity contribution in [3.63, 3.8) is 0 Å². The Balaban J connectivity index is 1.96. The molecule has 1 aromatic heterocycles. The standard InChI is InChI=1S/C10H15N3O/c1-8-2-3-11-6-9(8)14-10-7-12-4-5-13-10/h4-5,7-9,11H,2-3,6H2,1H3. The van der Waals surface area contributed by atoms with Crippen LogP contribution in [0.5, 0.6) is 5.88 Å². The molecule has 2 unspecified atom stereocenters. The molecule has 1 saturated heterocycles. The van der Waals surface area contributed by atoms with E-state index >= 15 is 0 Å². The molecule has 1 aliphatic heterocycles. The van der Waals surface area contributed by atoms with Crippen LogP contribution in [0.15, 0.2) is 18.6 Å². The van der Waals surface area contributed by atoms with Gasteiger partial charge in [-0.1, -0.05) is 6.92 Å². The van der Waals surface area contributed by atoms with Crippen molar-refractivity contribution >= 4 is 0 Å². The van der Waals surface area contributed by atoms with Gasteiger partial charge in [-0.2, -0.15) is 0 Å². The van der Waals surface area contributed by atoms with E-state index in [1.165, 1.54) is 0 Å². The smallest absolute Gasteiger partial charge is 0.232 e. The number of hydrogen-bond acceptors (Lipinski definition) is 4. The molecular weight excluding hydrogens is 178 g/mol. The van der Waals surface area contributed by atoms with Crippen molar-refractivity contribution in [3.8, 4) is 5.88 Å². The van der Waals surface area contributed by atoms with Crippen LogP contribution in [0.1, 0.15) is 13.3 Å². The van der Waals surface area contributed by atoms with Gasteiger partial charge in [0.1, 0.15) is 6.10 Å². The molecule has 1 fully saturated rings. The minimum absolute atomic E-state index is 0.223. The topological polar surface area (TPSA) is 47.0 Å². The predicted molar refractivity (Wildman–Crippen MR) is 53.1 cm³/mol. The van der Waals surface area contributed by atoms with Crippen molar-refractivity contribution in [2.75, 3.05) is 13.1 Å². The van der Waals surface area contributed by atoms with E-state index in [9.17, 15) is 0 Å². The van der Waals surface area contributed by atoms with E-state index in [2.05, 4.69) is 22.2 Å². The number of piperidine rings is 1. The minimum Gasteiger partial charge on any atom is -0.472 e. The zero-order valence-electron chi connectivity index (χ0n) is 8.31. The normalized spacial score (nSPS) is 27.2. The molecule has 0 amide bonds. The van der Waals surface area contributed by atoms with Gasteiger partial charge in [-0.3, -0.25) is 4.98 Å². The summed E-state index contributed by atoms with van der Waals surface area (Å²) in [5.41, 5.74) is 0. The molecule has 0 bridgehead atoms. The number of nitrogens with one attached hydrogen (secondary N) is 1. The van der Waals surface area contributed by atoms with Crippen molar-refractivity contribution in [3.05, 3.63) is 18.6 Å². The first-order valence-electron chi connectivity index (χ1n) is 4.99. The van der Waals surface area contributed by atoms with E-state index in [0.29, 0.717) is 11.8 Å². The molecule has 1 N–H and O–H groups in total. The van der Waals surface area contributed by atoms with Gasteiger partial charge in [0.2, 0.25) is 5.88 Å². The average molecular weight is 193 g/mol. The summed E-state index contributed by atoms with van der Waals surface area (Å²) in [4.78, 5) is 8.06. The zero-order valence-corrected chi connectivity index (χ0v) is 8.31. The first kappa shape index (κ1) is 9.40. The fourth-order valence-electron chi connectivity index (χ4n) is 1.62. The summed E-state index contributed by atoms with van der Waals surface area (Å²) in [5.74, 6) is 1.20. The van der Waals surface area contributed by atoms with Crippen LogP contribution in [0.3, 0.4) is 0 Å². The van der Waals surface area contributed by atoms with Gasteiger partial charge in [0, 0.05) is 18.9 Å². The summed E-state index contributed by atoms with van der Waals surface area (Å²) in [6.07, 6.45) is 6.33. The maximum absolute atomic E-state index is 5.73. The van der Waals surface area contributed by atoms with Gasteiger partial charge in [0.05, 0.1) is 6.20 Å². The highest BCUT2D eigenvalue weighted by Gasteiger charge is 2.22. The van der Waals surface area contributed by atoms with Crippen LogP contribution >= 0.6 is 0 Å². The highest BCUT2D eigenvalue weighted by molar-refractivity contribution is 5.02. The Bertz CT molecular complexity index is 278. The Morgan fingerprint density at radius 3 is 3.14 bits per heavy atom. The molecule has 4 heteroatoms. The monoisotopic (exact) mass is 193 g/mol. The van der Waals surface area contributed by atoms with Gasteiger partial charge >= 0.3 is 0 Å². The molecule has 2 heterocycles. The molecule has 2 atom stereocenters. The SMILES string of the molecule is CC1CCNCC1Oc1cnccn1. The van der Waals surface area contributed by atoms with E-state index in [1.807, 2.05) is 0 Å². The fourth-order valence-corrected chi connectivity index (χ4v) is 1.62.